The third-order valence-corrected chi connectivity index (χ3v) is 1.40. The van der Waals surface area contributed by atoms with Gasteiger partial charge in [0.1, 0.15) is 13.5 Å². The zero-order valence-corrected chi connectivity index (χ0v) is 7.20. The van der Waals surface area contributed by atoms with E-state index in [0.29, 0.717) is 12.3 Å². The number of hydrogen-bond acceptors (Lipinski definition) is 3. The van der Waals surface area contributed by atoms with Crippen molar-refractivity contribution in [3.05, 3.63) is 24.0 Å². The highest BCUT2D eigenvalue weighted by molar-refractivity contribution is 6.32. The lowest BCUT2D eigenvalue weighted by molar-refractivity contribution is 0.0519. The Morgan fingerprint density at radius 2 is 2.42 bits per heavy atom. The van der Waals surface area contributed by atoms with Gasteiger partial charge in [0.2, 0.25) is 0 Å². The molecule has 12 heavy (non-hydrogen) atoms. The Morgan fingerprint density at radius 1 is 1.67 bits per heavy atom. The Bertz CT molecular complexity index is 271. The topological polar surface area (TPSA) is 39.2 Å². The minimum absolute atomic E-state index is 0.363. The monoisotopic (exact) mass is 163 g/mol. The van der Waals surface area contributed by atoms with Gasteiger partial charge in [-0.25, -0.2) is 9.78 Å². The first-order valence-electron chi connectivity index (χ1n) is 3.84. The van der Waals surface area contributed by atoms with Crippen molar-refractivity contribution in [2.45, 2.75) is 6.92 Å². The first kappa shape index (κ1) is 8.78. The van der Waals surface area contributed by atoms with Gasteiger partial charge in [-0.05, 0) is 13.0 Å². The second-order valence-electron chi connectivity index (χ2n) is 2.44. The molecule has 3 nitrogen and oxygen atoms in total. The fourth-order valence-electron chi connectivity index (χ4n) is 0.794. The minimum Gasteiger partial charge on any atom is -0.461 e. The van der Waals surface area contributed by atoms with Crippen LogP contribution in [-0.2, 0) is 4.74 Å². The largest absolute Gasteiger partial charge is 0.461 e. The first-order chi connectivity index (χ1) is 5.74. The van der Waals surface area contributed by atoms with E-state index in [0.717, 1.165) is 5.46 Å². The van der Waals surface area contributed by atoms with E-state index in [-0.39, 0.29) is 5.97 Å². The fraction of sp³-hybridized carbons (Fsp3) is 0.250. The molecular formula is C8H10BNO2. The van der Waals surface area contributed by atoms with Crippen LogP contribution in [0.5, 0.6) is 0 Å². The number of carbonyl (C=O) groups excluding carboxylic acids is 1. The molecule has 62 valence electrons. The fourth-order valence-corrected chi connectivity index (χ4v) is 0.794. The summed E-state index contributed by atoms with van der Waals surface area (Å²) in [5.74, 6) is -0.363. The molecule has 0 saturated carbocycles. The van der Waals surface area contributed by atoms with E-state index in [2.05, 4.69) is 4.98 Å². The number of nitrogens with zero attached hydrogens (tertiary/aromatic N) is 1. The van der Waals surface area contributed by atoms with Gasteiger partial charge < -0.3 is 4.74 Å². The van der Waals surface area contributed by atoms with E-state index < -0.39 is 0 Å². The summed E-state index contributed by atoms with van der Waals surface area (Å²) in [6, 6.07) is 3.49. The van der Waals surface area contributed by atoms with Crippen molar-refractivity contribution >= 4 is 19.3 Å². The van der Waals surface area contributed by atoms with E-state index >= 15 is 0 Å². The minimum atomic E-state index is -0.363. The van der Waals surface area contributed by atoms with E-state index in [1.165, 1.54) is 0 Å². The van der Waals surface area contributed by atoms with Crippen molar-refractivity contribution in [2.24, 2.45) is 0 Å². The number of aromatic nitrogens is 1. The molecule has 0 bridgehead atoms. The molecule has 1 aromatic rings. The molecule has 0 fully saturated rings. The van der Waals surface area contributed by atoms with Crippen LogP contribution in [0, 0.1) is 0 Å². The van der Waals surface area contributed by atoms with Crippen LogP contribution in [-0.4, -0.2) is 25.4 Å². The maximum absolute atomic E-state index is 11.1. The lowest BCUT2D eigenvalue weighted by atomic mass is 9.99. The van der Waals surface area contributed by atoms with Gasteiger partial charge in [-0.1, -0.05) is 11.5 Å². The van der Waals surface area contributed by atoms with Gasteiger partial charge in [0.15, 0.2) is 0 Å². The van der Waals surface area contributed by atoms with Crippen LogP contribution in [0.4, 0.5) is 0 Å². The number of hydrogen-bond donors (Lipinski definition) is 0. The summed E-state index contributed by atoms with van der Waals surface area (Å²) in [7, 11) is 1.92. The summed E-state index contributed by atoms with van der Waals surface area (Å²) >= 11 is 0. The molecule has 0 aliphatic heterocycles. The van der Waals surface area contributed by atoms with Gasteiger partial charge in [-0.2, -0.15) is 0 Å². The summed E-state index contributed by atoms with van der Waals surface area (Å²) in [5.41, 5.74) is 1.39. The third kappa shape index (κ3) is 2.08. The smallest absolute Gasteiger partial charge is 0.356 e. The molecule has 0 aliphatic rings. The van der Waals surface area contributed by atoms with Crippen molar-refractivity contribution in [3.8, 4) is 0 Å². The quantitative estimate of drug-likeness (QED) is 0.436. The van der Waals surface area contributed by atoms with Gasteiger partial charge in [0, 0.05) is 6.20 Å². The molecule has 0 N–H and O–H groups in total. The maximum Gasteiger partial charge on any atom is 0.356 e. The van der Waals surface area contributed by atoms with E-state index in [1.807, 2.05) is 13.9 Å². The van der Waals surface area contributed by atoms with Gasteiger partial charge in [0.25, 0.3) is 0 Å². The maximum atomic E-state index is 11.1. The summed E-state index contributed by atoms with van der Waals surface area (Å²) < 4.78 is 4.77. The number of pyridine rings is 1. The van der Waals surface area contributed by atoms with Crippen LogP contribution in [0.1, 0.15) is 17.4 Å². The van der Waals surface area contributed by atoms with Gasteiger partial charge in [-0.15, -0.1) is 0 Å². The Balaban J connectivity index is 2.75. The van der Waals surface area contributed by atoms with Crippen LogP contribution in [0.2, 0.25) is 0 Å². The standard InChI is InChI=1S/C8H10BNO2/c1-2-12-8(11)7-4-3-6(9)5-10-7/h3-5H,2,9H2,1H3. The van der Waals surface area contributed by atoms with Crippen LogP contribution in [0.3, 0.4) is 0 Å². The van der Waals surface area contributed by atoms with Crippen molar-refractivity contribution in [1.29, 1.82) is 0 Å². The predicted molar refractivity (Wildman–Crippen MR) is 48.4 cm³/mol. The lowest BCUT2D eigenvalue weighted by Crippen LogP contribution is -2.10. The summed E-state index contributed by atoms with van der Waals surface area (Å²) in [6.07, 6.45) is 1.65. The molecule has 1 aromatic heterocycles. The first-order valence-corrected chi connectivity index (χ1v) is 3.84. The molecule has 0 amide bonds. The molecule has 0 spiro atoms. The number of esters is 1. The Hall–Kier alpha value is -1.32. The zero-order valence-electron chi connectivity index (χ0n) is 7.20. The average molecular weight is 163 g/mol. The van der Waals surface area contributed by atoms with Crippen LogP contribution >= 0.6 is 0 Å². The van der Waals surface area contributed by atoms with Crippen LogP contribution in [0.25, 0.3) is 0 Å². The Labute approximate surface area is 72.2 Å². The third-order valence-electron chi connectivity index (χ3n) is 1.40. The van der Waals surface area contributed by atoms with E-state index in [9.17, 15) is 4.79 Å². The summed E-state index contributed by atoms with van der Waals surface area (Å²) in [6.45, 7) is 2.15. The molecule has 1 heterocycles. The second-order valence-corrected chi connectivity index (χ2v) is 2.44. The molecule has 0 aromatic carbocycles. The van der Waals surface area contributed by atoms with E-state index in [4.69, 9.17) is 4.74 Å². The SMILES string of the molecule is Bc1ccc(C(=O)OCC)nc1. The van der Waals surface area contributed by atoms with Gasteiger partial charge in [0.05, 0.1) is 6.61 Å². The molecule has 0 aliphatic carbocycles. The van der Waals surface area contributed by atoms with Crippen molar-refractivity contribution in [2.75, 3.05) is 6.61 Å². The van der Waals surface area contributed by atoms with Crippen molar-refractivity contribution < 1.29 is 9.53 Å². The highest BCUT2D eigenvalue weighted by Gasteiger charge is 2.05. The normalized spacial score (nSPS) is 9.42. The van der Waals surface area contributed by atoms with Crippen LogP contribution < -0.4 is 5.46 Å². The zero-order chi connectivity index (χ0) is 8.97. The molecular weight excluding hydrogens is 153 g/mol. The Kier molecular flexibility index (Phi) is 2.85. The predicted octanol–water partition coefficient (Wildman–Crippen LogP) is -0.483. The second kappa shape index (κ2) is 3.90. The number of rotatable bonds is 2. The average Bonchev–Trinajstić information content (AvgIpc) is 2.06. The Morgan fingerprint density at radius 3 is 2.92 bits per heavy atom. The molecule has 0 atom stereocenters. The molecule has 4 heteroatoms. The van der Waals surface area contributed by atoms with Gasteiger partial charge in [-0.3, -0.25) is 0 Å². The van der Waals surface area contributed by atoms with Crippen molar-refractivity contribution in [1.82, 2.24) is 4.98 Å². The number of ether oxygens (including phenoxy) is 1. The summed E-state index contributed by atoms with van der Waals surface area (Å²) in [4.78, 5) is 15.0. The van der Waals surface area contributed by atoms with Crippen LogP contribution in [0.15, 0.2) is 18.3 Å². The molecule has 0 unspecified atom stereocenters. The highest BCUT2D eigenvalue weighted by Crippen LogP contribution is 1.94. The molecule has 0 saturated heterocycles. The summed E-state index contributed by atoms with van der Waals surface area (Å²) in [5, 5.41) is 0. The lowest BCUT2D eigenvalue weighted by Gasteiger charge is -1.99. The van der Waals surface area contributed by atoms with Gasteiger partial charge >= 0.3 is 5.97 Å². The van der Waals surface area contributed by atoms with Crippen molar-refractivity contribution in [3.63, 3.8) is 0 Å². The van der Waals surface area contributed by atoms with E-state index in [1.54, 1.807) is 19.2 Å². The molecule has 0 radical (unpaired) electrons. The number of carbonyl (C=O) groups is 1. The highest BCUT2D eigenvalue weighted by atomic mass is 16.5. The molecule has 1 rings (SSSR count).